The second-order valence-electron chi connectivity index (χ2n) is 7.02. The summed E-state index contributed by atoms with van der Waals surface area (Å²) in [6.45, 7) is 0.362. The van der Waals surface area contributed by atoms with Crippen molar-refractivity contribution in [2.75, 3.05) is 13.7 Å². The molecule has 4 rings (SSSR count). The standard InChI is InChI=1S/C18H21NO4/c1-22-15(20)13-9-17(10-13)7-8-18(17)16(21)23-11-14(19-18)12-5-3-2-4-6-12/h2-6,13-14,19H,7-11H2,1H3/t13?,14-,17?,18+/m1/s1. The Morgan fingerprint density at radius 3 is 2.61 bits per heavy atom. The Kier molecular flexibility index (Phi) is 3.23. The molecule has 1 aromatic rings. The van der Waals surface area contributed by atoms with Crippen LogP contribution in [0.1, 0.15) is 37.3 Å². The molecule has 2 spiro atoms. The predicted octanol–water partition coefficient (Wildman–Crippen LogP) is 1.98. The van der Waals surface area contributed by atoms with Crippen molar-refractivity contribution in [2.45, 2.75) is 37.3 Å². The quantitative estimate of drug-likeness (QED) is 0.846. The lowest BCUT2D eigenvalue weighted by Crippen LogP contribution is -2.76. The van der Waals surface area contributed by atoms with Crippen LogP contribution < -0.4 is 5.32 Å². The number of carbonyl (C=O) groups excluding carboxylic acids is 2. The summed E-state index contributed by atoms with van der Waals surface area (Å²) in [5, 5.41) is 3.58. The third-order valence-corrected chi connectivity index (χ3v) is 6.04. The highest BCUT2D eigenvalue weighted by Crippen LogP contribution is 2.65. The minimum atomic E-state index is -0.629. The number of hydrogen-bond acceptors (Lipinski definition) is 5. The fourth-order valence-electron chi connectivity index (χ4n) is 4.59. The van der Waals surface area contributed by atoms with E-state index in [2.05, 4.69) is 5.32 Å². The summed E-state index contributed by atoms with van der Waals surface area (Å²) in [4.78, 5) is 24.2. The molecule has 1 saturated heterocycles. The maximum Gasteiger partial charge on any atom is 0.327 e. The van der Waals surface area contributed by atoms with Gasteiger partial charge in [-0.15, -0.1) is 0 Å². The minimum Gasteiger partial charge on any atom is -0.469 e. The van der Waals surface area contributed by atoms with E-state index in [1.54, 1.807) is 0 Å². The number of carbonyl (C=O) groups is 2. The number of fused-ring (bicyclic) bond motifs is 1. The molecule has 0 bridgehead atoms. The fourth-order valence-corrected chi connectivity index (χ4v) is 4.59. The van der Waals surface area contributed by atoms with Crippen molar-refractivity contribution in [2.24, 2.45) is 11.3 Å². The van der Waals surface area contributed by atoms with Crippen LogP contribution in [-0.2, 0) is 19.1 Å². The molecule has 5 heteroatoms. The number of nitrogens with one attached hydrogen (secondary N) is 1. The summed E-state index contributed by atoms with van der Waals surface area (Å²) in [6.07, 6.45) is 3.17. The van der Waals surface area contributed by atoms with Crippen LogP contribution >= 0.6 is 0 Å². The molecule has 23 heavy (non-hydrogen) atoms. The van der Waals surface area contributed by atoms with E-state index in [0.717, 1.165) is 18.4 Å². The number of esters is 2. The van der Waals surface area contributed by atoms with E-state index in [0.29, 0.717) is 19.4 Å². The molecular formula is C18H21NO4. The number of benzene rings is 1. The highest BCUT2D eigenvalue weighted by atomic mass is 16.5. The number of methoxy groups -OCH3 is 1. The first-order valence-corrected chi connectivity index (χ1v) is 8.18. The first-order chi connectivity index (χ1) is 11.1. The molecule has 0 unspecified atom stereocenters. The summed E-state index contributed by atoms with van der Waals surface area (Å²) in [5.74, 6) is -0.399. The SMILES string of the molecule is COC(=O)C1CC2(CC[C@@]23N[C@@H](c2ccccc2)COC3=O)C1. The van der Waals surface area contributed by atoms with Gasteiger partial charge in [0.05, 0.1) is 19.1 Å². The van der Waals surface area contributed by atoms with Gasteiger partial charge in [0.1, 0.15) is 12.1 Å². The van der Waals surface area contributed by atoms with Gasteiger partial charge in [-0.3, -0.25) is 14.9 Å². The predicted molar refractivity (Wildman–Crippen MR) is 82.4 cm³/mol. The Morgan fingerprint density at radius 1 is 1.26 bits per heavy atom. The van der Waals surface area contributed by atoms with Gasteiger partial charge in [0, 0.05) is 5.41 Å². The number of morpholine rings is 1. The van der Waals surface area contributed by atoms with Gasteiger partial charge in [-0.05, 0) is 31.2 Å². The molecule has 1 aromatic carbocycles. The van der Waals surface area contributed by atoms with Crippen LogP contribution in [0.15, 0.2) is 30.3 Å². The first-order valence-electron chi connectivity index (χ1n) is 8.18. The maximum absolute atomic E-state index is 12.5. The number of cyclic esters (lactones) is 1. The molecule has 0 aromatic heterocycles. The summed E-state index contributed by atoms with van der Waals surface area (Å²) >= 11 is 0. The zero-order valence-electron chi connectivity index (χ0n) is 13.2. The van der Waals surface area contributed by atoms with E-state index >= 15 is 0 Å². The van der Waals surface area contributed by atoms with E-state index < -0.39 is 5.54 Å². The van der Waals surface area contributed by atoms with Gasteiger partial charge < -0.3 is 9.47 Å². The van der Waals surface area contributed by atoms with Crippen LogP contribution in [0, 0.1) is 11.3 Å². The van der Waals surface area contributed by atoms with Gasteiger partial charge in [-0.25, -0.2) is 0 Å². The van der Waals surface area contributed by atoms with Gasteiger partial charge in [-0.2, -0.15) is 0 Å². The molecule has 5 nitrogen and oxygen atoms in total. The molecule has 1 N–H and O–H groups in total. The average Bonchev–Trinajstić information content (AvgIpc) is 2.53. The zero-order valence-corrected chi connectivity index (χ0v) is 13.2. The summed E-state index contributed by atoms with van der Waals surface area (Å²) in [5.41, 5.74) is 0.359. The molecule has 122 valence electrons. The Hall–Kier alpha value is -1.88. The highest BCUT2D eigenvalue weighted by Gasteiger charge is 2.71. The Balaban J connectivity index is 1.55. The minimum absolute atomic E-state index is 0.0169. The average molecular weight is 315 g/mol. The highest BCUT2D eigenvalue weighted by molar-refractivity contribution is 5.86. The maximum atomic E-state index is 12.5. The lowest BCUT2D eigenvalue weighted by molar-refractivity contribution is -0.206. The summed E-state index contributed by atoms with van der Waals surface area (Å²) in [7, 11) is 1.42. The molecule has 2 aliphatic carbocycles. The van der Waals surface area contributed by atoms with E-state index in [-0.39, 0.29) is 29.3 Å². The molecule has 0 radical (unpaired) electrons. The van der Waals surface area contributed by atoms with Gasteiger partial charge in [0.25, 0.3) is 0 Å². The van der Waals surface area contributed by atoms with Crippen LogP contribution in [0.25, 0.3) is 0 Å². The zero-order chi connectivity index (χ0) is 16.1. The van der Waals surface area contributed by atoms with Crippen LogP contribution in [0.3, 0.4) is 0 Å². The number of ether oxygens (including phenoxy) is 2. The van der Waals surface area contributed by atoms with E-state index in [1.165, 1.54) is 7.11 Å². The summed E-state index contributed by atoms with van der Waals surface area (Å²) in [6, 6.07) is 10.1. The second kappa shape index (κ2) is 5.06. The van der Waals surface area contributed by atoms with Crippen molar-refractivity contribution in [1.82, 2.24) is 5.32 Å². The Morgan fingerprint density at radius 2 is 2.00 bits per heavy atom. The topological polar surface area (TPSA) is 64.6 Å². The van der Waals surface area contributed by atoms with Gasteiger partial charge in [-0.1, -0.05) is 30.3 Å². The van der Waals surface area contributed by atoms with Crippen LogP contribution in [0.2, 0.25) is 0 Å². The van der Waals surface area contributed by atoms with E-state index in [4.69, 9.17) is 9.47 Å². The molecule has 1 heterocycles. The monoisotopic (exact) mass is 315 g/mol. The molecule has 0 amide bonds. The normalized spacial score (nSPS) is 38.6. The van der Waals surface area contributed by atoms with Crippen molar-refractivity contribution < 1.29 is 19.1 Å². The fraction of sp³-hybridized carbons (Fsp3) is 0.556. The van der Waals surface area contributed by atoms with Crippen LogP contribution in [0.5, 0.6) is 0 Å². The summed E-state index contributed by atoms with van der Waals surface area (Å²) < 4.78 is 10.4. The molecule has 1 aliphatic heterocycles. The molecule has 2 atom stereocenters. The molecule has 2 saturated carbocycles. The third-order valence-electron chi connectivity index (χ3n) is 6.04. The Bertz CT molecular complexity index is 638. The van der Waals surface area contributed by atoms with Gasteiger partial charge in [0.15, 0.2) is 0 Å². The van der Waals surface area contributed by atoms with E-state index in [9.17, 15) is 9.59 Å². The van der Waals surface area contributed by atoms with Gasteiger partial charge in [0.2, 0.25) is 0 Å². The number of hydrogen-bond donors (Lipinski definition) is 1. The van der Waals surface area contributed by atoms with Crippen molar-refractivity contribution in [3.63, 3.8) is 0 Å². The molecule has 3 fully saturated rings. The van der Waals surface area contributed by atoms with E-state index in [1.807, 2.05) is 30.3 Å². The van der Waals surface area contributed by atoms with Crippen LogP contribution in [-0.4, -0.2) is 31.2 Å². The largest absolute Gasteiger partial charge is 0.469 e. The van der Waals surface area contributed by atoms with Crippen molar-refractivity contribution >= 4 is 11.9 Å². The number of rotatable bonds is 2. The lowest BCUT2D eigenvalue weighted by atomic mass is 9.42. The van der Waals surface area contributed by atoms with Crippen molar-refractivity contribution in [3.8, 4) is 0 Å². The van der Waals surface area contributed by atoms with Crippen LogP contribution in [0.4, 0.5) is 0 Å². The van der Waals surface area contributed by atoms with Crippen molar-refractivity contribution in [3.05, 3.63) is 35.9 Å². The smallest absolute Gasteiger partial charge is 0.327 e. The first kappa shape index (κ1) is 14.7. The molecular weight excluding hydrogens is 294 g/mol. The lowest BCUT2D eigenvalue weighted by Gasteiger charge is -2.66. The van der Waals surface area contributed by atoms with Gasteiger partial charge >= 0.3 is 11.9 Å². The second-order valence-corrected chi connectivity index (χ2v) is 7.02. The third kappa shape index (κ3) is 1.96. The molecule has 3 aliphatic rings. The Labute approximate surface area is 135 Å². The van der Waals surface area contributed by atoms with Crippen molar-refractivity contribution in [1.29, 1.82) is 0 Å².